The maximum absolute atomic E-state index is 12.3. The Morgan fingerprint density at radius 2 is 2.05 bits per heavy atom. The zero-order valence-corrected chi connectivity index (χ0v) is 12.4. The summed E-state index contributed by atoms with van der Waals surface area (Å²) in [5, 5.41) is 3.34. The van der Waals surface area contributed by atoms with E-state index in [1.807, 2.05) is 14.1 Å². The maximum atomic E-state index is 12.3. The van der Waals surface area contributed by atoms with Crippen molar-refractivity contribution in [2.75, 3.05) is 40.8 Å². The second-order valence-electron chi connectivity index (χ2n) is 5.82. The van der Waals surface area contributed by atoms with E-state index in [0.717, 1.165) is 32.5 Å². The number of rotatable bonds is 3. The van der Waals surface area contributed by atoms with Crippen LogP contribution in [0.4, 0.5) is 0 Å². The Kier molecular flexibility index (Phi) is 5.19. The van der Waals surface area contributed by atoms with Crippen LogP contribution in [-0.4, -0.2) is 74.7 Å². The van der Waals surface area contributed by atoms with Gasteiger partial charge in [0.25, 0.3) is 0 Å². The molecule has 0 radical (unpaired) electrons. The molecule has 0 aromatic carbocycles. The van der Waals surface area contributed by atoms with Crippen molar-refractivity contribution in [1.29, 1.82) is 0 Å². The van der Waals surface area contributed by atoms with Crippen molar-refractivity contribution in [1.82, 2.24) is 15.1 Å². The second kappa shape index (κ2) is 6.68. The molecule has 1 heterocycles. The summed E-state index contributed by atoms with van der Waals surface area (Å²) >= 11 is 0. The summed E-state index contributed by atoms with van der Waals surface area (Å²) in [6, 6.07) is 0.360. The fourth-order valence-electron chi connectivity index (χ4n) is 3.38. The number of nitrogens with one attached hydrogen (secondary N) is 1. The van der Waals surface area contributed by atoms with Crippen LogP contribution in [0, 0.1) is 0 Å². The van der Waals surface area contributed by atoms with Crippen LogP contribution in [-0.2, 0) is 9.53 Å². The molecule has 1 aliphatic heterocycles. The van der Waals surface area contributed by atoms with Crippen LogP contribution in [0.2, 0.25) is 0 Å². The molecule has 19 heavy (non-hydrogen) atoms. The standard InChI is InChI=1S/C14H27N3O2/c1-16(2)14(18)12-10-15-8-9-17(12)11-6-4-5-7-13(11)19-3/h11-13,15H,4-10H2,1-3H3. The van der Waals surface area contributed by atoms with Gasteiger partial charge < -0.3 is 15.0 Å². The first-order valence-electron chi connectivity index (χ1n) is 7.35. The highest BCUT2D eigenvalue weighted by molar-refractivity contribution is 5.81. The topological polar surface area (TPSA) is 44.8 Å². The van der Waals surface area contributed by atoms with Gasteiger partial charge in [-0.25, -0.2) is 0 Å². The van der Waals surface area contributed by atoms with E-state index in [-0.39, 0.29) is 18.1 Å². The zero-order valence-electron chi connectivity index (χ0n) is 12.4. The van der Waals surface area contributed by atoms with Crippen LogP contribution >= 0.6 is 0 Å². The largest absolute Gasteiger partial charge is 0.380 e. The van der Waals surface area contributed by atoms with Crippen molar-refractivity contribution in [3.63, 3.8) is 0 Å². The van der Waals surface area contributed by atoms with Gasteiger partial charge in [0.2, 0.25) is 5.91 Å². The molecule has 5 heteroatoms. The number of piperazine rings is 1. The summed E-state index contributed by atoms with van der Waals surface area (Å²) < 4.78 is 5.66. The zero-order chi connectivity index (χ0) is 13.8. The minimum absolute atomic E-state index is 0.0375. The molecule has 1 amide bonds. The highest BCUT2D eigenvalue weighted by atomic mass is 16.5. The van der Waals surface area contributed by atoms with Crippen LogP contribution in [0.15, 0.2) is 0 Å². The number of methoxy groups -OCH3 is 1. The van der Waals surface area contributed by atoms with E-state index in [4.69, 9.17) is 4.74 Å². The van der Waals surface area contributed by atoms with Crippen molar-refractivity contribution < 1.29 is 9.53 Å². The molecular formula is C14H27N3O2. The third-order valence-corrected chi connectivity index (χ3v) is 4.41. The van der Waals surface area contributed by atoms with Crippen LogP contribution < -0.4 is 5.32 Å². The Hall–Kier alpha value is -0.650. The van der Waals surface area contributed by atoms with Gasteiger partial charge in [0.05, 0.1) is 6.10 Å². The maximum Gasteiger partial charge on any atom is 0.240 e. The van der Waals surface area contributed by atoms with Gasteiger partial charge in [0.1, 0.15) is 6.04 Å². The normalized spacial score (nSPS) is 33.1. The molecule has 1 aliphatic carbocycles. The van der Waals surface area contributed by atoms with E-state index in [2.05, 4.69) is 10.2 Å². The number of amides is 1. The Balaban J connectivity index is 2.11. The third kappa shape index (κ3) is 3.27. The van der Waals surface area contributed by atoms with Crippen LogP contribution in [0.25, 0.3) is 0 Å². The lowest BCUT2D eigenvalue weighted by atomic mass is 9.89. The minimum Gasteiger partial charge on any atom is -0.380 e. The fraction of sp³-hybridized carbons (Fsp3) is 0.929. The van der Waals surface area contributed by atoms with E-state index in [9.17, 15) is 4.79 Å². The Morgan fingerprint density at radius 3 is 2.74 bits per heavy atom. The number of ether oxygens (including phenoxy) is 1. The molecule has 1 N–H and O–H groups in total. The molecule has 2 rings (SSSR count). The molecule has 0 aromatic rings. The van der Waals surface area contributed by atoms with E-state index in [1.54, 1.807) is 12.0 Å². The number of carbonyl (C=O) groups is 1. The molecule has 1 saturated heterocycles. The third-order valence-electron chi connectivity index (χ3n) is 4.41. The average molecular weight is 269 g/mol. The summed E-state index contributed by atoms with van der Waals surface area (Å²) in [6.45, 7) is 2.66. The molecular weight excluding hydrogens is 242 g/mol. The first-order valence-corrected chi connectivity index (χ1v) is 7.35. The smallest absolute Gasteiger partial charge is 0.240 e. The van der Waals surface area contributed by atoms with Gasteiger partial charge in [-0.2, -0.15) is 0 Å². The lowest BCUT2D eigenvalue weighted by Gasteiger charge is -2.45. The van der Waals surface area contributed by atoms with Crippen molar-refractivity contribution >= 4 is 5.91 Å². The van der Waals surface area contributed by atoms with Gasteiger partial charge in [0, 0.05) is 46.9 Å². The number of nitrogens with zero attached hydrogens (tertiary/aromatic N) is 2. The summed E-state index contributed by atoms with van der Waals surface area (Å²) in [4.78, 5) is 16.4. The van der Waals surface area contributed by atoms with Crippen LogP contribution in [0.5, 0.6) is 0 Å². The summed E-state index contributed by atoms with van der Waals surface area (Å²) in [5.74, 6) is 0.202. The summed E-state index contributed by atoms with van der Waals surface area (Å²) in [6.07, 6.45) is 5.04. The molecule has 2 fully saturated rings. The van der Waals surface area contributed by atoms with Crippen LogP contribution in [0.3, 0.4) is 0 Å². The first-order chi connectivity index (χ1) is 9.15. The molecule has 2 aliphatic rings. The number of hydrogen-bond acceptors (Lipinski definition) is 4. The predicted octanol–water partition coefficient (Wildman–Crippen LogP) is 0.306. The van der Waals surface area contributed by atoms with Crippen molar-refractivity contribution in [3.8, 4) is 0 Å². The van der Waals surface area contributed by atoms with E-state index in [0.29, 0.717) is 6.04 Å². The SMILES string of the molecule is COC1CCCCC1N1CCNCC1C(=O)N(C)C. The molecule has 3 atom stereocenters. The summed E-state index contributed by atoms with van der Waals surface area (Å²) in [7, 11) is 5.47. The van der Waals surface area contributed by atoms with Gasteiger partial charge in [-0.1, -0.05) is 12.8 Å². The molecule has 5 nitrogen and oxygen atoms in total. The van der Waals surface area contributed by atoms with Crippen molar-refractivity contribution in [3.05, 3.63) is 0 Å². The van der Waals surface area contributed by atoms with E-state index in [1.165, 1.54) is 12.8 Å². The van der Waals surface area contributed by atoms with E-state index < -0.39 is 0 Å². The highest BCUT2D eigenvalue weighted by Crippen LogP contribution is 2.27. The summed E-state index contributed by atoms with van der Waals surface area (Å²) in [5.41, 5.74) is 0. The molecule has 110 valence electrons. The Morgan fingerprint density at radius 1 is 1.32 bits per heavy atom. The number of carbonyl (C=O) groups excluding carboxylic acids is 1. The molecule has 0 spiro atoms. The average Bonchev–Trinajstić information content (AvgIpc) is 2.46. The lowest BCUT2D eigenvalue weighted by Crippen LogP contribution is -2.63. The van der Waals surface area contributed by atoms with Gasteiger partial charge in [-0.3, -0.25) is 9.69 Å². The minimum atomic E-state index is -0.0375. The van der Waals surface area contributed by atoms with E-state index >= 15 is 0 Å². The molecule has 0 bridgehead atoms. The monoisotopic (exact) mass is 269 g/mol. The molecule has 1 saturated carbocycles. The first kappa shape index (κ1) is 14.8. The Labute approximate surface area is 116 Å². The van der Waals surface area contributed by atoms with Gasteiger partial charge in [-0.05, 0) is 12.8 Å². The molecule has 0 aromatic heterocycles. The highest BCUT2D eigenvalue weighted by Gasteiger charge is 2.38. The Bertz CT molecular complexity index is 309. The number of likely N-dealkylation sites (N-methyl/N-ethyl adjacent to an activating group) is 1. The predicted molar refractivity (Wildman–Crippen MR) is 75.1 cm³/mol. The van der Waals surface area contributed by atoms with Gasteiger partial charge >= 0.3 is 0 Å². The number of hydrogen-bond donors (Lipinski definition) is 1. The van der Waals surface area contributed by atoms with Crippen LogP contribution in [0.1, 0.15) is 25.7 Å². The van der Waals surface area contributed by atoms with Crippen molar-refractivity contribution in [2.45, 2.75) is 43.9 Å². The van der Waals surface area contributed by atoms with Crippen molar-refractivity contribution in [2.24, 2.45) is 0 Å². The molecule has 3 unspecified atom stereocenters. The second-order valence-corrected chi connectivity index (χ2v) is 5.82. The van der Waals surface area contributed by atoms with Gasteiger partial charge in [0.15, 0.2) is 0 Å². The quantitative estimate of drug-likeness (QED) is 0.801. The van der Waals surface area contributed by atoms with Gasteiger partial charge in [-0.15, -0.1) is 0 Å². The lowest BCUT2D eigenvalue weighted by molar-refractivity contribution is -0.138. The fourth-order valence-corrected chi connectivity index (χ4v) is 3.38.